The molecule has 5 heteroatoms. The predicted molar refractivity (Wildman–Crippen MR) is 55.2 cm³/mol. The molecule has 1 aromatic heterocycles. The molecule has 0 saturated heterocycles. The van der Waals surface area contributed by atoms with Gasteiger partial charge in [-0.1, -0.05) is 12.2 Å². The molecule has 1 aliphatic heterocycles. The van der Waals surface area contributed by atoms with Crippen LogP contribution < -0.4 is 0 Å². The summed E-state index contributed by atoms with van der Waals surface area (Å²) in [4.78, 5) is 2.33. The summed E-state index contributed by atoms with van der Waals surface area (Å²) in [6, 6.07) is 0. The minimum Gasteiger partial charge on any atom is -0.315 e. The molecule has 0 aromatic carbocycles. The molecule has 2 heterocycles. The van der Waals surface area contributed by atoms with Crippen LogP contribution in [0, 0.1) is 0 Å². The zero-order chi connectivity index (χ0) is 9.80. The fraction of sp³-hybridized carbons (Fsp3) is 0.556. The molecule has 14 heavy (non-hydrogen) atoms. The number of hydrogen-bond donors (Lipinski definition) is 0. The summed E-state index contributed by atoms with van der Waals surface area (Å²) in [6.07, 6.45) is 5.86. The third-order valence-corrected chi connectivity index (χ3v) is 2.52. The Morgan fingerprint density at radius 2 is 2.36 bits per heavy atom. The van der Waals surface area contributed by atoms with Crippen LogP contribution in [-0.2, 0) is 13.1 Å². The van der Waals surface area contributed by atoms with Crippen LogP contribution in [-0.4, -0.2) is 38.6 Å². The number of allylic oxidation sites excluding steroid dienone is 1. The van der Waals surface area contributed by atoms with Crippen LogP contribution in [0.25, 0.3) is 0 Å². The molecule has 0 atom stereocenters. The fourth-order valence-corrected chi connectivity index (χ4v) is 1.68. The summed E-state index contributed by atoms with van der Waals surface area (Å²) in [5.41, 5.74) is 0. The number of hydrogen-bond acceptors (Lipinski definition) is 3. The highest BCUT2D eigenvalue weighted by Crippen LogP contribution is 2.08. The maximum Gasteiger partial charge on any atom is 0.147 e. The van der Waals surface area contributed by atoms with Gasteiger partial charge in [-0.05, 0) is 0 Å². The van der Waals surface area contributed by atoms with Crippen molar-refractivity contribution >= 4 is 11.6 Å². The molecule has 0 N–H and O–H groups in total. The monoisotopic (exact) mass is 212 g/mol. The van der Waals surface area contributed by atoms with Gasteiger partial charge in [0.2, 0.25) is 0 Å². The Morgan fingerprint density at radius 3 is 3.21 bits per heavy atom. The van der Waals surface area contributed by atoms with Gasteiger partial charge in [-0.15, -0.1) is 21.8 Å². The van der Waals surface area contributed by atoms with Gasteiger partial charge in [0, 0.05) is 25.5 Å². The van der Waals surface area contributed by atoms with Crippen LogP contribution in [0.2, 0.25) is 0 Å². The topological polar surface area (TPSA) is 34.0 Å². The lowest BCUT2D eigenvalue weighted by atomic mass is 10.3. The number of rotatable bonds is 3. The Hall–Kier alpha value is -0.870. The van der Waals surface area contributed by atoms with E-state index in [1.165, 1.54) is 0 Å². The van der Waals surface area contributed by atoms with Crippen molar-refractivity contribution in [2.24, 2.45) is 0 Å². The highest BCUT2D eigenvalue weighted by atomic mass is 35.5. The van der Waals surface area contributed by atoms with Gasteiger partial charge in [-0.2, -0.15) is 0 Å². The first-order chi connectivity index (χ1) is 6.90. The van der Waals surface area contributed by atoms with E-state index < -0.39 is 0 Å². The Morgan fingerprint density at radius 1 is 1.43 bits per heavy atom. The van der Waals surface area contributed by atoms with E-state index in [1.807, 2.05) is 6.08 Å². The number of halogens is 1. The van der Waals surface area contributed by atoms with Gasteiger partial charge in [-0.25, -0.2) is 0 Å². The van der Waals surface area contributed by atoms with E-state index >= 15 is 0 Å². The van der Waals surface area contributed by atoms with Crippen LogP contribution in [0.15, 0.2) is 18.5 Å². The number of nitrogens with zero attached hydrogens (tertiary/aromatic N) is 4. The molecule has 76 valence electrons. The van der Waals surface area contributed by atoms with Gasteiger partial charge in [0.15, 0.2) is 0 Å². The zero-order valence-corrected chi connectivity index (χ0v) is 8.69. The molecular weight excluding hydrogens is 200 g/mol. The average Bonchev–Trinajstić information content (AvgIpc) is 2.65. The van der Waals surface area contributed by atoms with Crippen molar-refractivity contribution in [3.8, 4) is 0 Å². The quantitative estimate of drug-likeness (QED) is 0.551. The summed E-state index contributed by atoms with van der Waals surface area (Å²) >= 11 is 5.55. The standard InChI is InChI=1S/C9H13ClN4/c10-3-1-2-4-13-5-6-14-8-11-12-9(14)7-13/h1-2,8H,3-7H2. The van der Waals surface area contributed by atoms with E-state index in [4.69, 9.17) is 11.6 Å². The second-order valence-electron chi connectivity index (χ2n) is 3.30. The minimum absolute atomic E-state index is 0.587. The molecule has 0 amide bonds. The summed E-state index contributed by atoms with van der Waals surface area (Å²) in [6.45, 7) is 3.86. The van der Waals surface area contributed by atoms with E-state index in [-0.39, 0.29) is 0 Å². The van der Waals surface area contributed by atoms with Crippen LogP contribution in [0.5, 0.6) is 0 Å². The molecule has 0 unspecified atom stereocenters. The van der Waals surface area contributed by atoms with Gasteiger partial charge >= 0.3 is 0 Å². The smallest absolute Gasteiger partial charge is 0.147 e. The molecule has 2 rings (SSSR count). The first-order valence-corrected chi connectivity index (χ1v) is 5.23. The molecular formula is C9H13ClN4. The molecule has 0 saturated carbocycles. The molecule has 1 aliphatic rings. The highest BCUT2D eigenvalue weighted by molar-refractivity contribution is 6.18. The lowest BCUT2D eigenvalue weighted by Crippen LogP contribution is -2.33. The van der Waals surface area contributed by atoms with Crippen molar-refractivity contribution in [3.63, 3.8) is 0 Å². The Bertz CT molecular complexity index is 320. The van der Waals surface area contributed by atoms with Crippen LogP contribution in [0.4, 0.5) is 0 Å². The van der Waals surface area contributed by atoms with Crippen molar-refractivity contribution in [2.45, 2.75) is 13.1 Å². The number of fused-ring (bicyclic) bond motifs is 1. The maximum atomic E-state index is 5.55. The Balaban J connectivity index is 1.91. The van der Waals surface area contributed by atoms with Crippen LogP contribution in [0.3, 0.4) is 0 Å². The largest absolute Gasteiger partial charge is 0.315 e. The van der Waals surface area contributed by atoms with Crippen molar-refractivity contribution in [1.29, 1.82) is 0 Å². The molecule has 4 nitrogen and oxygen atoms in total. The van der Waals surface area contributed by atoms with E-state index in [2.05, 4.69) is 25.7 Å². The first kappa shape index (κ1) is 9.68. The third kappa shape index (κ3) is 2.13. The summed E-state index contributed by atoms with van der Waals surface area (Å²) in [7, 11) is 0. The van der Waals surface area contributed by atoms with E-state index in [0.29, 0.717) is 5.88 Å². The van der Waals surface area contributed by atoms with Gasteiger partial charge in [0.05, 0.1) is 6.54 Å². The lowest BCUT2D eigenvalue weighted by Gasteiger charge is -2.25. The molecule has 0 fully saturated rings. The minimum atomic E-state index is 0.587. The number of alkyl halides is 1. The average molecular weight is 213 g/mol. The zero-order valence-electron chi connectivity index (χ0n) is 7.93. The fourth-order valence-electron chi connectivity index (χ4n) is 1.56. The second-order valence-corrected chi connectivity index (χ2v) is 3.61. The Labute approximate surface area is 88.2 Å². The van der Waals surface area contributed by atoms with Gasteiger partial charge in [0.25, 0.3) is 0 Å². The van der Waals surface area contributed by atoms with Gasteiger partial charge in [-0.3, -0.25) is 4.90 Å². The molecule has 1 aromatic rings. The van der Waals surface area contributed by atoms with Gasteiger partial charge < -0.3 is 4.57 Å². The first-order valence-electron chi connectivity index (χ1n) is 4.70. The number of aromatic nitrogens is 3. The normalized spacial score (nSPS) is 17.5. The molecule has 0 bridgehead atoms. The molecule has 0 spiro atoms. The van der Waals surface area contributed by atoms with Crippen LogP contribution in [0.1, 0.15) is 5.82 Å². The van der Waals surface area contributed by atoms with Crippen molar-refractivity contribution in [3.05, 3.63) is 24.3 Å². The predicted octanol–water partition coefficient (Wildman–Crippen LogP) is 0.889. The SMILES string of the molecule is ClCC=CCN1CCn2cnnc2C1. The van der Waals surface area contributed by atoms with Crippen LogP contribution >= 0.6 is 11.6 Å². The molecule has 0 aliphatic carbocycles. The van der Waals surface area contributed by atoms with Crippen molar-refractivity contribution in [2.75, 3.05) is 19.0 Å². The highest BCUT2D eigenvalue weighted by Gasteiger charge is 2.15. The Kier molecular flexibility index (Phi) is 3.16. The second kappa shape index (κ2) is 4.57. The maximum absolute atomic E-state index is 5.55. The van der Waals surface area contributed by atoms with E-state index in [9.17, 15) is 0 Å². The summed E-state index contributed by atoms with van der Waals surface area (Å²) < 4.78 is 2.10. The summed E-state index contributed by atoms with van der Waals surface area (Å²) in [5.74, 6) is 1.64. The lowest BCUT2D eigenvalue weighted by molar-refractivity contribution is 0.239. The van der Waals surface area contributed by atoms with E-state index in [0.717, 1.165) is 32.0 Å². The summed E-state index contributed by atoms with van der Waals surface area (Å²) in [5, 5.41) is 7.94. The van der Waals surface area contributed by atoms with Crippen molar-refractivity contribution in [1.82, 2.24) is 19.7 Å². The third-order valence-electron chi connectivity index (χ3n) is 2.34. The van der Waals surface area contributed by atoms with E-state index in [1.54, 1.807) is 6.33 Å². The van der Waals surface area contributed by atoms with Crippen molar-refractivity contribution < 1.29 is 0 Å². The molecule has 0 radical (unpaired) electrons. The van der Waals surface area contributed by atoms with Gasteiger partial charge in [0.1, 0.15) is 12.2 Å².